The Morgan fingerprint density at radius 3 is 1.30 bits per heavy atom. The maximum Gasteiger partial charge on any atom is 0.291 e. The number of ether oxygens (including phenoxy) is 2. The van der Waals surface area contributed by atoms with Crippen LogP contribution in [0.15, 0.2) is 150 Å². The lowest BCUT2D eigenvalue weighted by molar-refractivity contribution is 0.0816. The number of hydrogen-bond acceptors (Lipinski definition) is 22. The molecule has 0 aliphatic heterocycles. The Balaban J connectivity index is 0.000000141. The third kappa shape index (κ3) is 15.0. The number of sulfonamides is 2. The van der Waals surface area contributed by atoms with Gasteiger partial charge in [-0.25, -0.2) is 65.5 Å². The number of aryl methyl sites for hydroxylation is 3. The van der Waals surface area contributed by atoms with Gasteiger partial charge in [-0.2, -0.15) is 30.6 Å². The number of nitrogens with two attached hydrogens (primary N) is 2. The first-order valence-electron chi connectivity index (χ1n) is 32.8. The fourth-order valence-corrected chi connectivity index (χ4v) is 19.4. The van der Waals surface area contributed by atoms with E-state index in [1.807, 2.05) is 87.8 Å². The molecule has 5 N–H and O–H groups in total. The standard InChI is InChI=1S/C29H32N6O2S2Si.C22H27N7O4S2Si.C16H13N7O3S2.CH4/c1-33-25-23(26-27(33)32-29(39-26)38-18-20-9-6-5-7-10-20)16-30-34(28(25)36)17-21-11-8-12-24-22(21)15-31-35(24)19-37-13-14-40(2,3)4;1-27-18-16(19-20(27)26-22(34-19)35(23,31)32)11-24-28(21(18)30)12-14-6-5-7-17-15(14)10-25-29(17)13-33-8-9-36(2,3)4;1-22-12-10(13-14(22)20-16(27-13)28(17,25)26)6-19-23(15(12)24)7-8-3-2-4-11-9(8)5-18-21-11;/h5-12,15-16H,13-14,17-19H2,1-4H3;5-7,10-11H,8-9,12-13H2,1-4H3,(H2,23,31,32);2-6H,7H2,1H3,(H,18,21)(H2,17,25,26);1H4. The molecule has 12 heterocycles. The molecule has 29 nitrogen and oxygen atoms in total. The van der Waals surface area contributed by atoms with Crippen molar-refractivity contribution < 1.29 is 26.3 Å². The van der Waals surface area contributed by atoms with Crippen LogP contribution in [0.1, 0.15) is 29.7 Å². The van der Waals surface area contributed by atoms with Gasteiger partial charge in [-0.1, -0.05) is 148 Å². The Kier molecular flexibility index (Phi) is 20.6. The first-order chi connectivity index (χ1) is 49.6. The number of aromatic amines is 1. The van der Waals surface area contributed by atoms with E-state index in [0.29, 0.717) is 74.6 Å². The van der Waals surface area contributed by atoms with E-state index in [1.54, 1.807) is 77.3 Å². The van der Waals surface area contributed by atoms with E-state index in [9.17, 15) is 31.2 Å². The molecule has 0 bridgehead atoms. The van der Waals surface area contributed by atoms with Crippen molar-refractivity contribution in [2.24, 2.45) is 31.4 Å². The third-order valence-electron chi connectivity index (χ3n) is 17.7. The van der Waals surface area contributed by atoms with E-state index in [1.165, 1.54) is 19.6 Å². The summed E-state index contributed by atoms with van der Waals surface area (Å²) in [4.78, 5) is 53.1. The summed E-state index contributed by atoms with van der Waals surface area (Å²) in [5.74, 6) is 0.858. The van der Waals surface area contributed by atoms with Crippen LogP contribution in [0.25, 0.3) is 96.5 Å². The fourth-order valence-electron chi connectivity index (χ4n) is 12.2. The van der Waals surface area contributed by atoms with E-state index < -0.39 is 36.2 Å². The number of nitrogens with zero attached hydrogens (tertiary/aromatic N) is 17. The molecule has 0 amide bonds. The molecule has 105 heavy (non-hydrogen) atoms. The summed E-state index contributed by atoms with van der Waals surface area (Å²) in [6.07, 6.45) is 10.3. The lowest BCUT2D eigenvalue weighted by Gasteiger charge is -2.15. The van der Waals surface area contributed by atoms with Crippen LogP contribution in [0.2, 0.25) is 51.4 Å². The van der Waals surface area contributed by atoms with Gasteiger partial charge in [0.15, 0.2) is 21.3 Å². The molecule has 0 unspecified atom stereocenters. The molecular formula is C68H76N20O9S6Si2. The number of nitrogens with one attached hydrogen (secondary N) is 1. The van der Waals surface area contributed by atoms with Gasteiger partial charge in [-0.05, 0) is 52.5 Å². The average molecular weight is 1570 g/mol. The summed E-state index contributed by atoms with van der Waals surface area (Å²) >= 11 is 5.20. The van der Waals surface area contributed by atoms with Crippen LogP contribution in [-0.2, 0) is 89.5 Å². The first-order valence-corrected chi connectivity index (χ1v) is 46.7. The SMILES string of the molecule is C.Cn1c2nc(S(N)(=O)=O)sc2c2cnn(Cc3cccc4[nH]ncc34)c(=O)c21.Cn1c2nc(S(N)(=O)=O)sc2c2cnn(Cc3cccc4c3cnn4COCC[Si](C)(C)C)c(=O)c21.Cn1c2nc(SCc3ccccc3)sc2c2cnn(Cc3cccc4c3cnn4COCC[Si](C)(C)C)c(=O)c21. The summed E-state index contributed by atoms with van der Waals surface area (Å²) in [5, 5.41) is 44.4. The summed E-state index contributed by atoms with van der Waals surface area (Å²) in [6, 6.07) is 30.2. The third-order valence-corrected chi connectivity index (χ3v) is 28.2. The number of fused-ring (bicyclic) bond motifs is 12. The van der Waals surface area contributed by atoms with Gasteiger partial charge in [-0.15, -0.1) is 11.3 Å². The second kappa shape index (κ2) is 29.2. The van der Waals surface area contributed by atoms with Crippen LogP contribution >= 0.6 is 45.8 Å². The van der Waals surface area contributed by atoms with Crippen molar-refractivity contribution in [3.8, 4) is 0 Å². The van der Waals surface area contributed by atoms with E-state index in [4.69, 9.17) is 24.7 Å². The number of thiazole rings is 3. The zero-order valence-corrected chi connectivity index (χ0v) is 64.9. The Morgan fingerprint density at radius 2 is 0.867 bits per heavy atom. The largest absolute Gasteiger partial charge is 0.360 e. The van der Waals surface area contributed by atoms with Crippen molar-refractivity contribution in [2.45, 2.75) is 111 Å². The van der Waals surface area contributed by atoms with Gasteiger partial charge >= 0.3 is 0 Å². The van der Waals surface area contributed by atoms with Crippen LogP contribution in [0.5, 0.6) is 0 Å². The minimum absolute atomic E-state index is 0. The van der Waals surface area contributed by atoms with Crippen molar-refractivity contribution in [1.82, 2.24) is 87.8 Å². The van der Waals surface area contributed by atoms with Crippen LogP contribution in [-0.4, -0.2) is 134 Å². The number of hydrogen-bond donors (Lipinski definition) is 3. The molecule has 0 saturated carbocycles. The molecular weight excluding hydrogens is 1490 g/mol. The van der Waals surface area contributed by atoms with Crippen molar-refractivity contribution in [3.63, 3.8) is 0 Å². The highest BCUT2D eigenvalue weighted by Crippen LogP contribution is 2.38. The van der Waals surface area contributed by atoms with Crippen LogP contribution in [0.3, 0.4) is 0 Å². The molecule has 0 aliphatic rings. The second-order valence-electron chi connectivity index (χ2n) is 27.5. The zero-order valence-electron chi connectivity index (χ0n) is 58.0. The highest BCUT2D eigenvalue weighted by Gasteiger charge is 2.26. The number of thioether (sulfide) groups is 1. The Hall–Kier alpha value is -9.26. The van der Waals surface area contributed by atoms with Gasteiger partial charge in [0.05, 0.1) is 87.5 Å². The average Bonchev–Trinajstić information content (AvgIpc) is 1.60. The summed E-state index contributed by atoms with van der Waals surface area (Å²) in [5.41, 5.74) is 9.18. The quantitative estimate of drug-likeness (QED) is 0.0342. The predicted molar refractivity (Wildman–Crippen MR) is 421 cm³/mol. The van der Waals surface area contributed by atoms with Crippen LogP contribution < -0.4 is 27.0 Å². The number of benzene rings is 4. The van der Waals surface area contributed by atoms with Gasteiger partial charge in [0.25, 0.3) is 36.7 Å². The minimum Gasteiger partial charge on any atom is -0.360 e. The zero-order chi connectivity index (χ0) is 73.3. The highest BCUT2D eigenvalue weighted by molar-refractivity contribution is 8.00. The van der Waals surface area contributed by atoms with Gasteiger partial charge in [0, 0.05) is 88.6 Å². The molecule has 0 atom stereocenters. The number of H-pyrrole nitrogens is 1. The molecule has 4 aromatic carbocycles. The van der Waals surface area contributed by atoms with Crippen LogP contribution in [0.4, 0.5) is 0 Å². The normalized spacial score (nSPS) is 12.4. The topological polar surface area (TPSA) is 361 Å². The predicted octanol–water partition coefficient (Wildman–Crippen LogP) is 10.6. The second-order valence-corrected chi connectivity index (χ2v) is 46.4. The minimum atomic E-state index is -3.94. The molecule has 0 radical (unpaired) electrons. The highest BCUT2D eigenvalue weighted by atomic mass is 32.3. The van der Waals surface area contributed by atoms with Gasteiger partial charge in [0.2, 0.25) is 8.68 Å². The monoisotopic (exact) mass is 1560 g/mol. The molecule has 16 aromatic rings. The maximum atomic E-state index is 13.6. The van der Waals surface area contributed by atoms with Crippen molar-refractivity contribution in [3.05, 3.63) is 175 Å². The van der Waals surface area contributed by atoms with Crippen LogP contribution in [0, 0.1) is 0 Å². The van der Waals surface area contributed by atoms with Crippen molar-refractivity contribution in [2.75, 3.05) is 13.2 Å². The fraction of sp³-hybridized carbons (Fsp3) is 0.294. The Bertz CT molecular complexity index is 6430. The number of primary sulfonamides is 2. The van der Waals surface area contributed by atoms with E-state index >= 15 is 0 Å². The van der Waals surface area contributed by atoms with E-state index in [-0.39, 0.29) is 45.9 Å². The van der Waals surface area contributed by atoms with Gasteiger partial charge < -0.3 is 23.2 Å². The Morgan fingerprint density at radius 1 is 0.476 bits per heavy atom. The number of aromatic nitrogens is 18. The molecule has 0 fully saturated rings. The van der Waals surface area contributed by atoms with Gasteiger partial charge in [0.1, 0.15) is 30.0 Å². The first kappa shape index (κ1) is 74.0. The molecule has 546 valence electrons. The molecule has 0 saturated heterocycles. The lowest BCUT2D eigenvalue weighted by Crippen LogP contribution is -2.24. The van der Waals surface area contributed by atoms with Gasteiger partial charge in [-0.3, -0.25) is 19.5 Å². The molecule has 12 aromatic heterocycles. The molecule has 16 rings (SSSR count). The molecule has 0 spiro atoms. The summed E-state index contributed by atoms with van der Waals surface area (Å²) < 4.78 is 74.2. The molecule has 0 aliphatic carbocycles. The van der Waals surface area contributed by atoms with E-state index in [0.717, 1.165) is 117 Å². The van der Waals surface area contributed by atoms with E-state index in [2.05, 4.69) is 109 Å². The van der Waals surface area contributed by atoms with Crippen molar-refractivity contribution in [1.29, 1.82) is 0 Å². The summed E-state index contributed by atoms with van der Waals surface area (Å²) in [6.45, 7) is 17.1. The maximum absolute atomic E-state index is 13.6. The molecule has 37 heteroatoms. The summed E-state index contributed by atoms with van der Waals surface area (Å²) in [7, 11) is -4.90. The van der Waals surface area contributed by atoms with Crippen molar-refractivity contribution >= 4 is 178 Å². The number of rotatable bonds is 21. The lowest BCUT2D eigenvalue weighted by atomic mass is 10.1. The Labute approximate surface area is 618 Å². The smallest absolute Gasteiger partial charge is 0.291 e.